The fraction of sp³-hybridized carbons (Fsp3) is 0.400. The molecule has 1 nitrogen and oxygen atoms in total. The molecule has 3 rings (SSSR count). The summed E-state index contributed by atoms with van der Waals surface area (Å²) in [5, 5.41) is 0. The van der Waals surface area contributed by atoms with Gasteiger partial charge in [0, 0.05) is 17.4 Å². The van der Waals surface area contributed by atoms with Crippen LogP contribution in [0.3, 0.4) is 0 Å². The molecule has 2 aromatic carbocycles. The van der Waals surface area contributed by atoms with E-state index < -0.39 is 34.9 Å². The van der Waals surface area contributed by atoms with Crippen LogP contribution in [0.5, 0.6) is 5.75 Å². The molecule has 1 saturated carbocycles. The Morgan fingerprint density at radius 1 is 0.963 bits per heavy atom. The second kappa shape index (κ2) is 9.00. The van der Waals surface area contributed by atoms with E-state index in [4.69, 9.17) is 0 Å². The Hall–Kier alpha value is -1.01. The predicted molar refractivity (Wildman–Crippen MR) is 86.5 cm³/mol. The van der Waals surface area contributed by atoms with Gasteiger partial charge in [-0.15, -0.1) is 6.07 Å². The van der Waals surface area contributed by atoms with Gasteiger partial charge in [-0.1, -0.05) is 38.0 Å². The van der Waals surface area contributed by atoms with E-state index in [9.17, 15) is 22.0 Å². The third-order valence-electron chi connectivity index (χ3n) is 4.82. The maximum Gasteiger partial charge on any atom is 3.00 e. The van der Waals surface area contributed by atoms with E-state index in [0.717, 1.165) is 37.8 Å². The Morgan fingerprint density at radius 2 is 1.56 bits per heavy atom. The molecular formula is C20H18F5OY+2. The average molecular weight is 458 g/mol. The molecule has 0 aliphatic heterocycles. The maximum absolute atomic E-state index is 14.3. The fourth-order valence-electron chi connectivity index (χ4n) is 3.35. The largest absolute Gasteiger partial charge is 3.00 e. The van der Waals surface area contributed by atoms with E-state index in [0.29, 0.717) is 23.6 Å². The van der Waals surface area contributed by atoms with Crippen molar-refractivity contribution in [3.63, 3.8) is 0 Å². The SMILES string of the molecule is CC1CCC(c2ccc(C(F)(F)Oc3cc(F)[c-]c(F)c3)c(F)c2)CC1.[Y+3]. The molecule has 0 saturated heterocycles. The number of benzene rings is 2. The first-order valence-corrected chi connectivity index (χ1v) is 8.49. The molecule has 0 bridgehead atoms. The van der Waals surface area contributed by atoms with Crippen molar-refractivity contribution in [3.05, 3.63) is 65.0 Å². The summed E-state index contributed by atoms with van der Waals surface area (Å²) < 4.78 is 73.4. The Labute approximate surface area is 180 Å². The normalized spacial score (nSPS) is 20.1. The number of hydrogen-bond donors (Lipinski definition) is 0. The van der Waals surface area contributed by atoms with Crippen LogP contribution >= 0.6 is 0 Å². The molecule has 0 aromatic heterocycles. The van der Waals surface area contributed by atoms with Gasteiger partial charge < -0.3 is 4.74 Å². The first-order valence-electron chi connectivity index (χ1n) is 8.49. The minimum Gasteiger partial charge on any atom is -0.455 e. The number of ether oxygens (including phenoxy) is 1. The number of alkyl halides is 2. The summed E-state index contributed by atoms with van der Waals surface area (Å²) in [6.45, 7) is 2.16. The van der Waals surface area contributed by atoms with Crippen LogP contribution in [0.1, 0.15) is 49.7 Å². The van der Waals surface area contributed by atoms with Gasteiger partial charge in [0.15, 0.2) is 0 Å². The Bertz CT molecular complexity index is 768. The minimum atomic E-state index is -4.07. The summed E-state index contributed by atoms with van der Waals surface area (Å²) >= 11 is 0. The molecule has 0 spiro atoms. The predicted octanol–water partition coefficient (Wildman–Crippen LogP) is 6.32. The third kappa shape index (κ3) is 5.51. The van der Waals surface area contributed by atoms with Gasteiger partial charge in [0.25, 0.3) is 0 Å². The average Bonchev–Trinajstić information content (AvgIpc) is 2.53. The van der Waals surface area contributed by atoms with E-state index in [-0.39, 0.29) is 38.6 Å². The molecule has 0 atom stereocenters. The first-order chi connectivity index (χ1) is 12.2. The Balaban J connectivity index is 0.00000261. The van der Waals surface area contributed by atoms with E-state index in [2.05, 4.69) is 11.7 Å². The molecule has 7 heteroatoms. The zero-order chi connectivity index (χ0) is 18.9. The minimum absolute atomic E-state index is 0. The second-order valence-corrected chi connectivity index (χ2v) is 6.83. The van der Waals surface area contributed by atoms with E-state index in [1.807, 2.05) is 0 Å². The van der Waals surface area contributed by atoms with Crippen LogP contribution in [-0.4, -0.2) is 0 Å². The topological polar surface area (TPSA) is 9.23 Å². The summed E-state index contributed by atoms with van der Waals surface area (Å²) in [6.07, 6.45) is -0.229. The number of hydrogen-bond acceptors (Lipinski definition) is 1. The first kappa shape index (κ1) is 22.3. The van der Waals surface area contributed by atoms with Crippen LogP contribution in [0, 0.1) is 29.4 Å². The fourth-order valence-corrected chi connectivity index (χ4v) is 3.35. The van der Waals surface area contributed by atoms with Crippen LogP contribution in [0.15, 0.2) is 30.3 Å². The van der Waals surface area contributed by atoms with Crippen LogP contribution in [0.4, 0.5) is 22.0 Å². The molecular weight excluding hydrogens is 440 g/mol. The van der Waals surface area contributed by atoms with Gasteiger partial charge in [-0.05, 0) is 42.4 Å². The quantitative estimate of drug-likeness (QED) is 0.385. The molecule has 0 amide bonds. The summed E-state index contributed by atoms with van der Waals surface area (Å²) in [5.74, 6) is -3.44. The van der Waals surface area contributed by atoms with Crippen LogP contribution in [0.25, 0.3) is 0 Å². The van der Waals surface area contributed by atoms with Gasteiger partial charge in [0.1, 0.15) is 5.82 Å². The Morgan fingerprint density at radius 3 is 2.11 bits per heavy atom. The van der Waals surface area contributed by atoms with Crippen molar-refractivity contribution in [1.82, 2.24) is 0 Å². The van der Waals surface area contributed by atoms with Gasteiger partial charge >= 0.3 is 38.8 Å². The Kier molecular flexibility index (Phi) is 7.42. The second-order valence-electron chi connectivity index (χ2n) is 6.83. The maximum atomic E-state index is 14.3. The molecule has 1 aliphatic carbocycles. The molecule has 1 aliphatic rings. The van der Waals surface area contributed by atoms with Crippen molar-refractivity contribution in [1.29, 1.82) is 0 Å². The van der Waals surface area contributed by atoms with Crippen molar-refractivity contribution >= 4 is 0 Å². The summed E-state index contributed by atoms with van der Waals surface area (Å²) in [6, 6.07) is 6.34. The molecule has 0 N–H and O–H groups in total. The number of rotatable bonds is 4. The molecule has 0 radical (unpaired) electrons. The molecule has 2 aromatic rings. The molecule has 140 valence electrons. The summed E-state index contributed by atoms with van der Waals surface area (Å²) in [7, 11) is 0. The van der Waals surface area contributed by atoms with Gasteiger partial charge in [-0.3, -0.25) is 0 Å². The molecule has 0 unspecified atom stereocenters. The summed E-state index contributed by atoms with van der Waals surface area (Å²) in [4.78, 5) is 0. The number of halogens is 5. The monoisotopic (exact) mass is 458 g/mol. The molecule has 0 heterocycles. The van der Waals surface area contributed by atoms with E-state index in [1.165, 1.54) is 6.07 Å². The zero-order valence-electron chi connectivity index (χ0n) is 14.7. The van der Waals surface area contributed by atoms with Crippen molar-refractivity contribution < 1.29 is 59.4 Å². The van der Waals surface area contributed by atoms with Crippen LogP contribution in [0.2, 0.25) is 0 Å². The molecule has 27 heavy (non-hydrogen) atoms. The van der Waals surface area contributed by atoms with E-state index in [1.54, 1.807) is 6.07 Å². The standard InChI is InChI=1S/C20H18F5O.Y/c1-12-2-4-13(5-3-12)14-6-7-18(19(23)8-14)20(24,25)26-17-10-15(21)9-16(22)11-17;/h6-8,10-13H,2-5H2,1H3;/q-1;+3. The van der Waals surface area contributed by atoms with Gasteiger partial charge in [0.2, 0.25) is 0 Å². The smallest absolute Gasteiger partial charge is 0.455 e. The van der Waals surface area contributed by atoms with Crippen LogP contribution in [-0.2, 0) is 38.8 Å². The van der Waals surface area contributed by atoms with Crippen molar-refractivity contribution in [2.45, 2.75) is 44.6 Å². The summed E-state index contributed by atoms with van der Waals surface area (Å²) in [5.41, 5.74) is -0.292. The van der Waals surface area contributed by atoms with Crippen molar-refractivity contribution in [2.24, 2.45) is 5.92 Å². The van der Waals surface area contributed by atoms with Crippen molar-refractivity contribution in [2.75, 3.05) is 0 Å². The van der Waals surface area contributed by atoms with Crippen molar-refractivity contribution in [3.8, 4) is 5.75 Å². The third-order valence-corrected chi connectivity index (χ3v) is 4.82. The zero-order valence-corrected chi connectivity index (χ0v) is 17.6. The van der Waals surface area contributed by atoms with Crippen LogP contribution < -0.4 is 4.74 Å². The van der Waals surface area contributed by atoms with E-state index >= 15 is 0 Å². The van der Waals surface area contributed by atoms with Gasteiger partial charge in [0.05, 0.1) is 5.56 Å². The molecule has 1 fully saturated rings. The van der Waals surface area contributed by atoms with Gasteiger partial charge in [-0.2, -0.15) is 8.78 Å². The van der Waals surface area contributed by atoms with Gasteiger partial charge in [-0.25, -0.2) is 13.2 Å².